The average molecular weight is 288 g/mol. The fourth-order valence-corrected chi connectivity index (χ4v) is 2.15. The van der Waals surface area contributed by atoms with E-state index in [1.807, 2.05) is 0 Å². The third kappa shape index (κ3) is 2.41. The fourth-order valence-electron chi connectivity index (χ4n) is 2.15. The first-order valence-corrected chi connectivity index (χ1v) is 6.83. The van der Waals surface area contributed by atoms with Gasteiger partial charge in [0.25, 0.3) is 5.56 Å². The zero-order valence-electron chi connectivity index (χ0n) is 12.0. The maximum Gasteiger partial charge on any atom is 0.264 e. The lowest BCUT2D eigenvalue weighted by Crippen LogP contribution is -2.23. The first-order valence-electron chi connectivity index (χ1n) is 6.83. The molecule has 3 aromatic heterocycles. The Morgan fingerprint density at radius 2 is 2.19 bits per heavy atom. The van der Waals surface area contributed by atoms with Crippen LogP contribution in [-0.4, -0.2) is 39.5 Å². The van der Waals surface area contributed by atoms with Crippen molar-refractivity contribution in [2.45, 2.75) is 32.9 Å². The summed E-state index contributed by atoms with van der Waals surface area (Å²) in [5.41, 5.74) is 0.431. The number of nitrogens with zero attached hydrogens (tertiary/aromatic N) is 8. The average Bonchev–Trinajstić information content (AvgIpc) is 3.07. The van der Waals surface area contributed by atoms with E-state index in [4.69, 9.17) is 0 Å². The molecule has 21 heavy (non-hydrogen) atoms. The summed E-state index contributed by atoms with van der Waals surface area (Å²) in [5.74, 6) is 0.649. The molecule has 0 unspecified atom stereocenters. The normalized spacial score (nSPS) is 11.3. The predicted molar refractivity (Wildman–Crippen MR) is 74.6 cm³/mol. The first-order chi connectivity index (χ1) is 10.2. The van der Waals surface area contributed by atoms with Crippen LogP contribution in [0.4, 0.5) is 0 Å². The molecule has 3 aromatic rings. The minimum absolute atomic E-state index is 0.141. The van der Waals surface area contributed by atoms with Crippen LogP contribution in [0.15, 0.2) is 17.3 Å². The molecule has 3 heterocycles. The number of aryl methyl sites for hydroxylation is 2. The lowest BCUT2D eigenvalue weighted by Gasteiger charge is -2.06. The van der Waals surface area contributed by atoms with E-state index in [0.717, 1.165) is 19.4 Å². The van der Waals surface area contributed by atoms with Crippen molar-refractivity contribution >= 4 is 11.0 Å². The number of hydrogen-bond acceptors (Lipinski definition) is 6. The zero-order valence-corrected chi connectivity index (χ0v) is 12.0. The topological polar surface area (TPSA) is 96.3 Å². The Balaban J connectivity index is 1.93. The highest BCUT2D eigenvalue weighted by Crippen LogP contribution is 2.04. The summed E-state index contributed by atoms with van der Waals surface area (Å²) in [4.78, 5) is 16.6. The zero-order chi connectivity index (χ0) is 14.8. The molecule has 0 atom stereocenters. The van der Waals surface area contributed by atoms with Crippen molar-refractivity contribution in [3.05, 3.63) is 28.7 Å². The van der Waals surface area contributed by atoms with Crippen molar-refractivity contribution in [2.75, 3.05) is 0 Å². The molecule has 0 aliphatic carbocycles. The van der Waals surface area contributed by atoms with Crippen LogP contribution in [0.5, 0.6) is 0 Å². The van der Waals surface area contributed by atoms with Crippen LogP contribution in [0.3, 0.4) is 0 Å². The molecule has 9 nitrogen and oxygen atoms in total. The maximum atomic E-state index is 12.4. The first kappa shape index (κ1) is 13.4. The molecular formula is C12H16N8O. The molecule has 0 aliphatic rings. The highest BCUT2D eigenvalue weighted by atomic mass is 16.1. The van der Waals surface area contributed by atoms with E-state index in [1.165, 1.54) is 17.1 Å². The van der Waals surface area contributed by atoms with Gasteiger partial charge in [0.05, 0.1) is 12.7 Å². The summed E-state index contributed by atoms with van der Waals surface area (Å²) in [6, 6.07) is 0. The molecule has 0 fully saturated rings. The van der Waals surface area contributed by atoms with Gasteiger partial charge in [0.2, 0.25) is 0 Å². The van der Waals surface area contributed by atoms with Gasteiger partial charge in [-0.05, 0) is 16.8 Å². The summed E-state index contributed by atoms with van der Waals surface area (Å²) in [7, 11) is 1.75. The van der Waals surface area contributed by atoms with E-state index in [1.54, 1.807) is 16.4 Å². The molecule has 0 amide bonds. The highest BCUT2D eigenvalue weighted by molar-refractivity contribution is 5.72. The highest BCUT2D eigenvalue weighted by Gasteiger charge is 2.11. The van der Waals surface area contributed by atoms with Crippen LogP contribution in [0.2, 0.25) is 0 Å². The van der Waals surface area contributed by atoms with Crippen LogP contribution in [-0.2, 0) is 20.1 Å². The van der Waals surface area contributed by atoms with Crippen molar-refractivity contribution in [3.63, 3.8) is 0 Å². The molecule has 0 aromatic carbocycles. The number of rotatable bonds is 5. The van der Waals surface area contributed by atoms with Crippen LogP contribution in [0.1, 0.15) is 25.6 Å². The Morgan fingerprint density at radius 1 is 1.33 bits per heavy atom. The van der Waals surface area contributed by atoms with Crippen molar-refractivity contribution in [2.24, 2.45) is 7.05 Å². The molecular weight excluding hydrogens is 272 g/mol. The maximum absolute atomic E-state index is 12.4. The summed E-state index contributed by atoms with van der Waals surface area (Å²) in [6.45, 7) is 3.15. The second-order valence-corrected chi connectivity index (χ2v) is 4.85. The Morgan fingerprint density at radius 3 is 3.00 bits per heavy atom. The molecule has 0 bridgehead atoms. The lowest BCUT2D eigenvalue weighted by molar-refractivity contribution is 0.521. The van der Waals surface area contributed by atoms with Gasteiger partial charge in [0.15, 0.2) is 11.5 Å². The van der Waals surface area contributed by atoms with Crippen LogP contribution in [0.25, 0.3) is 11.0 Å². The number of fused-ring (bicyclic) bond motifs is 1. The minimum atomic E-state index is -0.141. The van der Waals surface area contributed by atoms with Gasteiger partial charge in [0.1, 0.15) is 11.7 Å². The molecule has 0 radical (unpaired) electrons. The number of hydrogen-bond donors (Lipinski definition) is 0. The molecule has 0 N–H and O–H groups in total. The third-order valence-electron chi connectivity index (χ3n) is 3.36. The second-order valence-electron chi connectivity index (χ2n) is 4.85. The number of tetrazole rings is 1. The number of unbranched alkanes of at least 4 members (excludes halogenated alkanes) is 1. The second kappa shape index (κ2) is 5.43. The standard InChI is InChI=1S/C12H16N8O/c1-3-4-5-20-10(15-16-17-20)7-19-8-13-11-9(12(19)21)6-14-18(11)2/h6,8H,3-5,7H2,1-2H3. The smallest absolute Gasteiger partial charge is 0.264 e. The van der Waals surface area contributed by atoms with Gasteiger partial charge in [0, 0.05) is 13.6 Å². The summed E-state index contributed by atoms with van der Waals surface area (Å²) >= 11 is 0. The van der Waals surface area contributed by atoms with Gasteiger partial charge < -0.3 is 0 Å². The van der Waals surface area contributed by atoms with Crippen molar-refractivity contribution < 1.29 is 0 Å². The van der Waals surface area contributed by atoms with E-state index in [-0.39, 0.29) is 5.56 Å². The van der Waals surface area contributed by atoms with Crippen LogP contribution >= 0.6 is 0 Å². The predicted octanol–water partition coefficient (Wildman–Crippen LogP) is -0.0351. The van der Waals surface area contributed by atoms with E-state index in [0.29, 0.717) is 23.4 Å². The summed E-state index contributed by atoms with van der Waals surface area (Å²) in [6.07, 6.45) is 5.09. The van der Waals surface area contributed by atoms with Crippen molar-refractivity contribution in [3.8, 4) is 0 Å². The quantitative estimate of drug-likeness (QED) is 0.654. The Kier molecular flexibility index (Phi) is 3.46. The molecule has 0 saturated carbocycles. The minimum Gasteiger partial charge on any atom is -0.291 e. The summed E-state index contributed by atoms with van der Waals surface area (Å²) in [5, 5.41) is 16.2. The van der Waals surface area contributed by atoms with E-state index < -0.39 is 0 Å². The van der Waals surface area contributed by atoms with Gasteiger partial charge in [-0.2, -0.15) is 5.10 Å². The Hall–Kier alpha value is -2.58. The SMILES string of the molecule is CCCCn1nnnc1Cn1cnc2c(cnn2C)c1=O. The molecule has 110 valence electrons. The summed E-state index contributed by atoms with van der Waals surface area (Å²) < 4.78 is 4.80. The molecule has 0 spiro atoms. The van der Waals surface area contributed by atoms with Crippen molar-refractivity contribution in [1.82, 2.24) is 39.5 Å². The molecule has 3 rings (SSSR count). The van der Waals surface area contributed by atoms with E-state index in [9.17, 15) is 4.79 Å². The van der Waals surface area contributed by atoms with Crippen LogP contribution in [0, 0.1) is 0 Å². The van der Waals surface area contributed by atoms with Gasteiger partial charge >= 0.3 is 0 Å². The fraction of sp³-hybridized carbons (Fsp3) is 0.500. The largest absolute Gasteiger partial charge is 0.291 e. The van der Waals surface area contributed by atoms with E-state index in [2.05, 4.69) is 32.5 Å². The van der Waals surface area contributed by atoms with Gasteiger partial charge in [-0.1, -0.05) is 13.3 Å². The Labute approximate surface area is 120 Å². The van der Waals surface area contributed by atoms with Gasteiger partial charge in [-0.3, -0.25) is 14.0 Å². The molecule has 9 heteroatoms. The molecule has 0 aliphatic heterocycles. The van der Waals surface area contributed by atoms with E-state index >= 15 is 0 Å². The van der Waals surface area contributed by atoms with Gasteiger partial charge in [-0.25, -0.2) is 9.67 Å². The van der Waals surface area contributed by atoms with Crippen molar-refractivity contribution in [1.29, 1.82) is 0 Å². The monoisotopic (exact) mass is 288 g/mol. The van der Waals surface area contributed by atoms with Crippen LogP contribution < -0.4 is 5.56 Å². The lowest BCUT2D eigenvalue weighted by atomic mass is 10.3. The third-order valence-corrected chi connectivity index (χ3v) is 3.36. The molecule has 0 saturated heterocycles. The number of aromatic nitrogens is 8. The Bertz CT molecular complexity index is 814. The van der Waals surface area contributed by atoms with Gasteiger partial charge in [-0.15, -0.1) is 5.10 Å².